The molecular formula is C8H14ClN3O6S2. The van der Waals surface area contributed by atoms with Crippen LogP contribution < -0.4 is 5.43 Å². The van der Waals surface area contributed by atoms with Gasteiger partial charge in [-0.25, -0.2) is 21.6 Å². The van der Waals surface area contributed by atoms with Crippen LogP contribution in [0, 0.1) is 4.91 Å². The van der Waals surface area contributed by atoms with Crippen LogP contribution in [0.1, 0.15) is 6.92 Å². The third-order valence-electron chi connectivity index (χ3n) is 3.03. The highest BCUT2D eigenvalue weighted by Crippen LogP contribution is 2.23. The predicted octanol–water partition coefficient (Wildman–Crippen LogP) is -0.524. The lowest BCUT2D eigenvalue weighted by Crippen LogP contribution is -2.56. The van der Waals surface area contributed by atoms with E-state index in [0.29, 0.717) is 0 Å². The van der Waals surface area contributed by atoms with Crippen LogP contribution in [0.25, 0.3) is 0 Å². The Morgan fingerprint density at radius 3 is 2.20 bits per heavy atom. The van der Waals surface area contributed by atoms with Crippen molar-refractivity contribution in [2.24, 2.45) is 5.29 Å². The van der Waals surface area contributed by atoms with Gasteiger partial charge in [0, 0.05) is 12.4 Å². The minimum atomic E-state index is -3.89. The van der Waals surface area contributed by atoms with Crippen molar-refractivity contribution in [1.29, 1.82) is 0 Å². The Labute approximate surface area is 121 Å². The van der Waals surface area contributed by atoms with Gasteiger partial charge in [-0.1, -0.05) is 0 Å². The fraction of sp³-hybridized carbons (Fsp3) is 0.875. The van der Waals surface area contributed by atoms with Crippen LogP contribution >= 0.6 is 11.6 Å². The van der Waals surface area contributed by atoms with Crippen molar-refractivity contribution < 1.29 is 21.6 Å². The number of nitrogens with one attached hydrogen (secondary N) is 1. The monoisotopic (exact) mass is 347 g/mol. The number of nitroso groups, excluding NO2 is 1. The fourth-order valence-corrected chi connectivity index (χ4v) is 6.70. The van der Waals surface area contributed by atoms with E-state index in [1.165, 1.54) is 0 Å². The van der Waals surface area contributed by atoms with Gasteiger partial charge in [0.1, 0.15) is 0 Å². The van der Waals surface area contributed by atoms with Crippen molar-refractivity contribution in [3.05, 3.63) is 4.91 Å². The first-order valence-corrected chi connectivity index (χ1v) is 9.50. The lowest BCUT2D eigenvalue weighted by Gasteiger charge is -2.34. The number of rotatable bonds is 4. The molecule has 0 aromatic rings. The summed E-state index contributed by atoms with van der Waals surface area (Å²) in [6.45, 7) is 0.993. The zero-order valence-electron chi connectivity index (χ0n) is 10.5. The van der Waals surface area contributed by atoms with Crippen LogP contribution in [0.2, 0.25) is 0 Å². The molecule has 1 rings (SSSR count). The molecule has 0 atom stereocenters. The number of urea groups is 1. The first kappa shape index (κ1) is 17.1. The second-order valence-electron chi connectivity index (χ2n) is 4.27. The first-order valence-electron chi connectivity index (χ1n) is 5.53. The van der Waals surface area contributed by atoms with Crippen LogP contribution in [0.3, 0.4) is 0 Å². The molecule has 20 heavy (non-hydrogen) atoms. The van der Waals surface area contributed by atoms with Gasteiger partial charge < -0.3 is 4.90 Å². The van der Waals surface area contributed by atoms with E-state index < -0.39 is 47.8 Å². The smallest absolute Gasteiger partial charge is 0.317 e. The number of nitrogens with zero attached hydrogens (tertiary/aromatic N) is 2. The number of hydrogen-bond donors (Lipinski definition) is 1. The van der Waals surface area contributed by atoms with Crippen molar-refractivity contribution in [3.8, 4) is 0 Å². The zero-order valence-corrected chi connectivity index (χ0v) is 12.9. The molecule has 0 aromatic carbocycles. The Morgan fingerprint density at radius 1 is 1.30 bits per heavy atom. The fourth-order valence-electron chi connectivity index (χ4n) is 1.90. The van der Waals surface area contributed by atoms with Crippen molar-refractivity contribution >= 4 is 37.3 Å². The van der Waals surface area contributed by atoms with Gasteiger partial charge in [-0.15, -0.1) is 16.5 Å². The maximum atomic E-state index is 11.8. The summed E-state index contributed by atoms with van der Waals surface area (Å²) in [4.78, 5) is 22.5. The maximum absolute atomic E-state index is 11.8. The van der Waals surface area contributed by atoms with Gasteiger partial charge in [-0.05, 0) is 6.92 Å². The maximum Gasteiger partial charge on any atom is 0.340 e. The Bertz CT molecular complexity index is 553. The molecular weight excluding hydrogens is 334 g/mol. The number of sulfone groups is 2. The van der Waals surface area contributed by atoms with Crippen molar-refractivity contribution in [2.45, 2.75) is 17.5 Å². The Balaban J connectivity index is 3.10. The van der Waals surface area contributed by atoms with Crippen LogP contribution in [0.15, 0.2) is 5.29 Å². The van der Waals surface area contributed by atoms with Crippen LogP contribution in [0.5, 0.6) is 0 Å². The number of carbonyl (C=O) groups is 1. The average molecular weight is 348 g/mol. The highest BCUT2D eigenvalue weighted by molar-refractivity contribution is 8.09. The average Bonchev–Trinajstić information content (AvgIpc) is 2.32. The standard InChI is InChI=1S/C8H14ClN3O6S2/c1-6-19(15,16)4-7(5-20(6,17)18)12(3-2-9)8(13)10-11-14/h6-7H,2-5H2,1H3,(H,10,13,14). The predicted molar refractivity (Wildman–Crippen MR) is 72.6 cm³/mol. The second-order valence-corrected chi connectivity index (χ2v) is 9.68. The van der Waals surface area contributed by atoms with E-state index in [2.05, 4.69) is 5.29 Å². The van der Waals surface area contributed by atoms with Crippen LogP contribution in [-0.4, -0.2) is 62.3 Å². The number of carbonyl (C=O) groups excluding carboxylic acids is 1. The molecule has 1 heterocycles. The van der Waals surface area contributed by atoms with Crippen molar-refractivity contribution in [1.82, 2.24) is 10.3 Å². The minimum Gasteiger partial charge on any atom is -0.317 e. The third kappa shape index (κ3) is 3.58. The zero-order chi connectivity index (χ0) is 15.6. The van der Waals surface area contributed by atoms with Gasteiger partial charge in [0.25, 0.3) is 0 Å². The van der Waals surface area contributed by atoms with Crippen molar-refractivity contribution in [2.75, 3.05) is 23.9 Å². The molecule has 1 aliphatic rings. The van der Waals surface area contributed by atoms with Crippen molar-refractivity contribution in [3.63, 3.8) is 0 Å². The molecule has 1 saturated heterocycles. The van der Waals surface area contributed by atoms with E-state index >= 15 is 0 Å². The van der Waals surface area contributed by atoms with Gasteiger partial charge in [-0.2, -0.15) is 5.43 Å². The molecule has 0 aromatic heterocycles. The number of halogens is 1. The number of alkyl halides is 1. The summed E-state index contributed by atoms with van der Waals surface area (Å²) < 4.78 is 45.9. The quantitative estimate of drug-likeness (QED) is 0.413. The van der Waals surface area contributed by atoms with Crippen LogP contribution in [0.4, 0.5) is 4.79 Å². The molecule has 12 heteroatoms. The summed E-state index contributed by atoms with van der Waals surface area (Å²) in [6.07, 6.45) is 0. The van der Waals surface area contributed by atoms with E-state index in [1.54, 1.807) is 5.43 Å². The van der Waals surface area contributed by atoms with Gasteiger partial charge in [0.15, 0.2) is 24.3 Å². The molecule has 1 fully saturated rings. The number of amides is 2. The molecule has 9 nitrogen and oxygen atoms in total. The Morgan fingerprint density at radius 2 is 1.80 bits per heavy atom. The molecule has 0 unspecified atom stereocenters. The van der Waals surface area contributed by atoms with E-state index in [-0.39, 0.29) is 12.4 Å². The summed E-state index contributed by atoms with van der Waals surface area (Å²) in [6, 6.07) is -2.08. The third-order valence-corrected chi connectivity index (χ3v) is 8.68. The second kappa shape index (κ2) is 6.22. The summed E-state index contributed by atoms with van der Waals surface area (Å²) >= 11 is 5.50. The molecule has 0 spiro atoms. The molecule has 116 valence electrons. The van der Waals surface area contributed by atoms with E-state index in [0.717, 1.165) is 11.8 Å². The molecule has 0 saturated carbocycles. The van der Waals surface area contributed by atoms with Crippen LogP contribution in [-0.2, 0) is 19.7 Å². The highest BCUT2D eigenvalue weighted by atomic mass is 35.5. The SMILES string of the molecule is CC1S(=O)(=O)CC(N(CCCl)C(=O)NN=O)CS1(=O)=O. The summed E-state index contributed by atoms with van der Waals surface area (Å²) in [7, 11) is -7.78. The molecule has 0 bridgehead atoms. The Hall–Kier alpha value is -0.940. The number of hydrogen-bond acceptors (Lipinski definition) is 7. The normalized spacial score (nSPS) is 27.5. The molecule has 1 aliphatic heterocycles. The molecule has 0 radical (unpaired) electrons. The molecule has 2 amide bonds. The first-order chi connectivity index (χ1) is 9.15. The van der Waals surface area contributed by atoms with E-state index in [9.17, 15) is 26.5 Å². The Kier molecular flexibility index (Phi) is 5.33. The minimum absolute atomic E-state index is 0.0432. The van der Waals surface area contributed by atoms with Gasteiger partial charge in [0.2, 0.25) is 0 Å². The van der Waals surface area contributed by atoms with Gasteiger partial charge in [0.05, 0.1) is 22.8 Å². The largest absolute Gasteiger partial charge is 0.340 e. The van der Waals surface area contributed by atoms with Gasteiger partial charge >= 0.3 is 6.03 Å². The lowest BCUT2D eigenvalue weighted by molar-refractivity contribution is 0.188. The molecule has 1 N–H and O–H groups in total. The topological polar surface area (TPSA) is 130 Å². The summed E-state index contributed by atoms with van der Waals surface area (Å²) in [5, 5.41) is 2.19. The van der Waals surface area contributed by atoms with E-state index in [1.807, 2.05) is 0 Å². The molecule has 0 aliphatic carbocycles. The van der Waals surface area contributed by atoms with E-state index in [4.69, 9.17) is 11.6 Å². The summed E-state index contributed by atoms with van der Waals surface area (Å²) in [5.74, 6) is -1.05. The lowest BCUT2D eigenvalue weighted by atomic mass is 10.3. The van der Waals surface area contributed by atoms with Gasteiger partial charge in [-0.3, -0.25) is 0 Å². The summed E-state index contributed by atoms with van der Waals surface area (Å²) in [5.41, 5.74) is 1.60. The highest BCUT2D eigenvalue weighted by Gasteiger charge is 2.45.